The molecule has 0 fully saturated rings. The van der Waals surface area contributed by atoms with Gasteiger partial charge in [0.05, 0.1) is 11.9 Å². The van der Waals surface area contributed by atoms with Crippen LogP contribution >= 0.6 is 0 Å². The van der Waals surface area contributed by atoms with E-state index < -0.39 is 0 Å². The molecule has 0 saturated heterocycles. The number of phenols is 1. The number of anilines is 1. The number of nitrogens with zero attached hydrogens (tertiary/aromatic N) is 1. The lowest BCUT2D eigenvalue weighted by Crippen LogP contribution is -2.12. The van der Waals surface area contributed by atoms with Crippen molar-refractivity contribution in [3.63, 3.8) is 0 Å². The number of phenolic OH excluding ortho intramolecular Hbond substituents is 1. The number of carbonyl (C=O) groups is 1. The van der Waals surface area contributed by atoms with E-state index >= 15 is 0 Å². The number of hydrogen-bond acceptors (Lipinski definition) is 4. The first kappa shape index (κ1) is 15.6. The fourth-order valence-corrected chi connectivity index (χ4v) is 2.22. The van der Waals surface area contributed by atoms with Gasteiger partial charge >= 0.3 is 0 Å². The van der Waals surface area contributed by atoms with Gasteiger partial charge in [-0.2, -0.15) is 0 Å². The summed E-state index contributed by atoms with van der Waals surface area (Å²) < 4.78 is 5.64. The van der Waals surface area contributed by atoms with Gasteiger partial charge in [-0.3, -0.25) is 9.78 Å². The summed E-state index contributed by atoms with van der Waals surface area (Å²) in [6.07, 6.45) is 3.28. The molecule has 0 aliphatic carbocycles. The zero-order valence-corrected chi connectivity index (χ0v) is 13.1. The number of ether oxygens (including phenoxy) is 1. The molecular weight excluding hydrogens is 304 g/mol. The molecular formula is C19H16N2O3. The van der Waals surface area contributed by atoms with E-state index in [2.05, 4.69) is 10.3 Å². The van der Waals surface area contributed by atoms with Gasteiger partial charge < -0.3 is 15.2 Å². The first-order chi connectivity index (χ1) is 11.6. The first-order valence-electron chi connectivity index (χ1n) is 7.41. The summed E-state index contributed by atoms with van der Waals surface area (Å²) in [6, 6.07) is 15.4. The maximum Gasteiger partial charge on any atom is 0.255 e. The Kier molecular flexibility index (Phi) is 4.43. The molecule has 24 heavy (non-hydrogen) atoms. The number of carbonyl (C=O) groups excluding carboxylic acids is 1. The largest absolute Gasteiger partial charge is 0.506 e. The molecule has 120 valence electrons. The van der Waals surface area contributed by atoms with E-state index in [-0.39, 0.29) is 11.7 Å². The second-order valence-corrected chi connectivity index (χ2v) is 5.24. The van der Waals surface area contributed by atoms with Crippen molar-refractivity contribution in [2.24, 2.45) is 0 Å². The maximum atomic E-state index is 12.3. The smallest absolute Gasteiger partial charge is 0.255 e. The summed E-state index contributed by atoms with van der Waals surface area (Å²) in [5.74, 6) is 0.977. The Bertz CT molecular complexity index is 826. The van der Waals surface area contributed by atoms with Crippen LogP contribution < -0.4 is 10.1 Å². The number of amides is 1. The number of nitrogens with one attached hydrogen (secondary N) is 1. The van der Waals surface area contributed by atoms with Crippen LogP contribution in [0.3, 0.4) is 0 Å². The summed E-state index contributed by atoms with van der Waals surface area (Å²) >= 11 is 0. The minimum atomic E-state index is -0.299. The van der Waals surface area contributed by atoms with Gasteiger partial charge in [-0.15, -0.1) is 0 Å². The maximum absolute atomic E-state index is 12.3. The molecule has 0 aliphatic heterocycles. The highest BCUT2D eigenvalue weighted by Crippen LogP contribution is 2.27. The zero-order valence-electron chi connectivity index (χ0n) is 13.1. The van der Waals surface area contributed by atoms with Crippen LogP contribution in [0.5, 0.6) is 17.2 Å². The fraction of sp³-hybridized carbons (Fsp3) is 0.0526. The first-order valence-corrected chi connectivity index (χ1v) is 7.41. The molecule has 2 aromatic carbocycles. The van der Waals surface area contributed by atoms with Crippen LogP contribution in [0.25, 0.3) is 0 Å². The number of pyridine rings is 1. The predicted molar refractivity (Wildman–Crippen MR) is 91.6 cm³/mol. The minimum Gasteiger partial charge on any atom is -0.506 e. The minimum absolute atomic E-state index is 0.0416. The number of aryl methyl sites for hydroxylation is 1. The van der Waals surface area contributed by atoms with Crippen molar-refractivity contribution in [1.82, 2.24) is 4.98 Å². The van der Waals surface area contributed by atoms with Gasteiger partial charge in [0.25, 0.3) is 5.91 Å². The van der Waals surface area contributed by atoms with E-state index in [1.165, 1.54) is 6.07 Å². The van der Waals surface area contributed by atoms with Crippen LogP contribution in [0, 0.1) is 6.92 Å². The second-order valence-electron chi connectivity index (χ2n) is 5.24. The number of benzene rings is 2. The van der Waals surface area contributed by atoms with E-state index in [0.29, 0.717) is 22.7 Å². The van der Waals surface area contributed by atoms with Crippen LogP contribution in [0.15, 0.2) is 67.0 Å². The quantitative estimate of drug-likeness (QED) is 0.709. The van der Waals surface area contributed by atoms with Gasteiger partial charge in [0.15, 0.2) is 0 Å². The lowest BCUT2D eigenvalue weighted by molar-refractivity contribution is 0.102. The third-order valence-electron chi connectivity index (χ3n) is 3.48. The Morgan fingerprint density at radius 1 is 1.04 bits per heavy atom. The molecule has 0 aliphatic rings. The molecule has 1 amide bonds. The van der Waals surface area contributed by atoms with Gasteiger partial charge in [0, 0.05) is 11.8 Å². The van der Waals surface area contributed by atoms with Crippen molar-refractivity contribution in [1.29, 1.82) is 0 Å². The molecule has 3 rings (SSSR count). The van der Waals surface area contributed by atoms with Crippen LogP contribution in [0.2, 0.25) is 0 Å². The second kappa shape index (κ2) is 6.83. The normalized spacial score (nSPS) is 10.2. The Labute approximate surface area is 139 Å². The Hall–Kier alpha value is -3.34. The average molecular weight is 320 g/mol. The molecule has 1 heterocycles. The van der Waals surface area contributed by atoms with Crippen molar-refractivity contribution in [2.45, 2.75) is 6.92 Å². The van der Waals surface area contributed by atoms with Crippen LogP contribution in [-0.4, -0.2) is 16.0 Å². The van der Waals surface area contributed by atoms with Crippen molar-refractivity contribution in [3.8, 4) is 17.2 Å². The SMILES string of the molecule is Cc1cccc(O)c1NC(=O)c1ccc(Oc2cccnc2)cc1. The molecule has 0 atom stereocenters. The number of hydrogen-bond donors (Lipinski definition) is 2. The van der Waals surface area contributed by atoms with Gasteiger partial charge in [0.2, 0.25) is 0 Å². The Balaban J connectivity index is 1.72. The van der Waals surface area contributed by atoms with E-state index in [1.54, 1.807) is 54.9 Å². The Morgan fingerprint density at radius 3 is 2.50 bits per heavy atom. The number of aromatic nitrogens is 1. The molecule has 0 bridgehead atoms. The van der Waals surface area contributed by atoms with E-state index in [0.717, 1.165) is 5.56 Å². The van der Waals surface area contributed by atoms with Crippen LogP contribution in [-0.2, 0) is 0 Å². The summed E-state index contributed by atoms with van der Waals surface area (Å²) in [5, 5.41) is 12.6. The summed E-state index contributed by atoms with van der Waals surface area (Å²) in [6.45, 7) is 1.82. The van der Waals surface area contributed by atoms with Crippen molar-refractivity contribution >= 4 is 11.6 Å². The van der Waals surface area contributed by atoms with E-state index in [1.807, 2.05) is 13.0 Å². The molecule has 5 nitrogen and oxygen atoms in total. The molecule has 3 aromatic rings. The summed E-state index contributed by atoms with van der Waals surface area (Å²) in [7, 11) is 0. The highest BCUT2D eigenvalue weighted by molar-refractivity contribution is 6.05. The Morgan fingerprint density at radius 2 is 1.83 bits per heavy atom. The molecule has 1 aromatic heterocycles. The molecule has 0 spiro atoms. The van der Waals surface area contributed by atoms with Crippen LogP contribution in [0.1, 0.15) is 15.9 Å². The third-order valence-corrected chi connectivity index (χ3v) is 3.48. The predicted octanol–water partition coefficient (Wildman–Crippen LogP) is 4.14. The number of aromatic hydroxyl groups is 1. The lowest BCUT2D eigenvalue weighted by atomic mass is 10.1. The lowest BCUT2D eigenvalue weighted by Gasteiger charge is -2.10. The number of rotatable bonds is 4. The van der Waals surface area contributed by atoms with E-state index in [9.17, 15) is 9.90 Å². The topological polar surface area (TPSA) is 71.5 Å². The van der Waals surface area contributed by atoms with Crippen molar-refractivity contribution in [2.75, 3.05) is 5.32 Å². The summed E-state index contributed by atoms with van der Waals surface area (Å²) in [5.41, 5.74) is 1.68. The van der Waals surface area contributed by atoms with Gasteiger partial charge in [-0.25, -0.2) is 0 Å². The third kappa shape index (κ3) is 3.52. The molecule has 5 heteroatoms. The zero-order chi connectivity index (χ0) is 16.9. The molecule has 0 unspecified atom stereocenters. The highest BCUT2D eigenvalue weighted by atomic mass is 16.5. The molecule has 0 saturated carbocycles. The fourth-order valence-electron chi connectivity index (χ4n) is 2.22. The van der Waals surface area contributed by atoms with Gasteiger partial charge in [0.1, 0.15) is 17.2 Å². The average Bonchev–Trinajstić information content (AvgIpc) is 2.60. The van der Waals surface area contributed by atoms with E-state index in [4.69, 9.17) is 4.74 Å². The highest BCUT2D eigenvalue weighted by Gasteiger charge is 2.11. The molecule has 2 N–H and O–H groups in total. The van der Waals surface area contributed by atoms with Gasteiger partial charge in [-0.05, 0) is 55.0 Å². The van der Waals surface area contributed by atoms with Gasteiger partial charge in [-0.1, -0.05) is 12.1 Å². The summed E-state index contributed by atoms with van der Waals surface area (Å²) in [4.78, 5) is 16.3. The standard InChI is InChI=1S/C19H16N2O3/c1-13-4-2-6-17(22)18(13)21-19(23)14-7-9-15(10-8-14)24-16-5-3-11-20-12-16/h2-12,22H,1H3,(H,21,23). The molecule has 0 radical (unpaired) electrons. The van der Waals surface area contributed by atoms with Crippen LogP contribution in [0.4, 0.5) is 5.69 Å². The van der Waals surface area contributed by atoms with Crippen molar-refractivity contribution in [3.05, 3.63) is 78.1 Å². The van der Waals surface area contributed by atoms with Crippen molar-refractivity contribution < 1.29 is 14.6 Å². The number of para-hydroxylation sites is 1. The monoisotopic (exact) mass is 320 g/mol.